The van der Waals surface area contributed by atoms with Crippen LogP contribution in [0.2, 0.25) is 0 Å². The summed E-state index contributed by atoms with van der Waals surface area (Å²) in [7, 11) is 1.49. The summed E-state index contributed by atoms with van der Waals surface area (Å²) in [6.45, 7) is 9.44. The van der Waals surface area contributed by atoms with Gasteiger partial charge in [0.1, 0.15) is 23.7 Å². The van der Waals surface area contributed by atoms with E-state index in [0.717, 1.165) is 5.56 Å². The molecule has 222 valence electrons. The predicted octanol–water partition coefficient (Wildman–Crippen LogP) is 2.12. The van der Waals surface area contributed by atoms with Gasteiger partial charge in [-0.15, -0.1) is 0 Å². The molecule has 0 radical (unpaired) electrons. The first-order valence-corrected chi connectivity index (χ1v) is 13.6. The summed E-state index contributed by atoms with van der Waals surface area (Å²) < 4.78 is 13.3. The fourth-order valence-corrected chi connectivity index (χ4v) is 5.09. The second-order valence-electron chi connectivity index (χ2n) is 11.9. The molecule has 41 heavy (non-hydrogen) atoms. The first-order chi connectivity index (χ1) is 19.1. The summed E-state index contributed by atoms with van der Waals surface area (Å²) in [6.07, 6.45) is 0.323. The minimum Gasteiger partial charge on any atom is -0.508 e. The van der Waals surface area contributed by atoms with E-state index >= 15 is 0 Å². The van der Waals surface area contributed by atoms with Gasteiger partial charge in [-0.2, -0.15) is 0 Å². The molecule has 0 spiro atoms. The molecule has 4 atom stereocenters. The van der Waals surface area contributed by atoms with Crippen molar-refractivity contribution in [3.63, 3.8) is 0 Å². The van der Waals surface area contributed by atoms with Crippen molar-refractivity contribution in [3.8, 4) is 5.75 Å². The van der Waals surface area contributed by atoms with Crippen molar-refractivity contribution in [2.24, 2.45) is 11.7 Å². The summed E-state index contributed by atoms with van der Waals surface area (Å²) in [5, 5.41) is 18.0. The van der Waals surface area contributed by atoms with Gasteiger partial charge < -0.3 is 26.4 Å². The van der Waals surface area contributed by atoms with Crippen LogP contribution in [0.3, 0.4) is 0 Å². The molecule has 11 heteroatoms. The summed E-state index contributed by atoms with van der Waals surface area (Å²) in [4.78, 5) is 52.8. The fraction of sp³-hybridized carbons (Fsp3) is 0.467. The molecule has 2 aromatic carbocycles. The molecular formula is C30H40FN5O5. The Kier molecular flexibility index (Phi) is 9.75. The predicted molar refractivity (Wildman–Crippen MR) is 152 cm³/mol. The smallest absolute Gasteiger partial charge is 0.322 e. The number of carbonyl (C=O) groups is 4. The van der Waals surface area contributed by atoms with Gasteiger partial charge >= 0.3 is 6.03 Å². The van der Waals surface area contributed by atoms with E-state index in [1.807, 2.05) is 26.8 Å². The van der Waals surface area contributed by atoms with Crippen LogP contribution in [0.1, 0.15) is 51.3 Å². The van der Waals surface area contributed by atoms with Crippen molar-refractivity contribution in [3.05, 3.63) is 65.0 Å². The maximum absolute atomic E-state index is 13.7. The number of hydrogen-bond acceptors (Lipinski definition) is 6. The molecule has 1 aliphatic rings. The first-order valence-electron chi connectivity index (χ1n) is 13.6. The molecule has 10 nitrogen and oxygen atoms in total. The highest BCUT2D eigenvalue weighted by Gasteiger charge is 2.40. The largest absolute Gasteiger partial charge is 0.508 e. The van der Waals surface area contributed by atoms with Crippen LogP contribution in [0, 0.1) is 11.7 Å². The van der Waals surface area contributed by atoms with Gasteiger partial charge in [0, 0.05) is 7.05 Å². The van der Waals surface area contributed by atoms with Crippen molar-refractivity contribution in [1.82, 2.24) is 20.9 Å². The van der Waals surface area contributed by atoms with E-state index in [1.54, 1.807) is 38.1 Å². The van der Waals surface area contributed by atoms with Crippen LogP contribution in [0.15, 0.2) is 42.5 Å². The molecule has 1 saturated heterocycles. The molecular weight excluding hydrogens is 529 g/mol. The number of phenols is 1. The molecule has 0 aromatic heterocycles. The topological polar surface area (TPSA) is 154 Å². The number of likely N-dealkylation sites (N-methyl/N-ethyl adjacent to an activating group) is 1. The lowest BCUT2D eigenvalue weighted by Gasteiger charge is -2.34. The maximum atomic E-state index is 13.7. The maximum Gasteiger partial charge on any atom is 0.322 e. The average Bonchev–Trinajstić information content (AvgIpc) is 3.22. The number of halogens is 1. The number of nitrogens with one attached hydrogen (secondary N) is 3. The molecule has 1 aliphatic heterocycles. The number of amides is 5. The molecule has 2 aromatic rings. The molecule has 1 heterocycles. The number of nitrogens with zero attached hydrogens (tertiary/aromatic N) is 1. The second-order valence-corrected chi connectivity index (χ2v) is 11.9. The third-order valence-corrected chi connectivity index (χ3v) is 7.21. The number of aromatic hydroxyl groups is 1. The highest BCUT2D eigenvalue weighted by Crippen LogP contribution is 2.31. The van der Waals surface area contributed by atoms with Crippen molar-refractivity contribution in [1.29, 1.82) is 0 Å². The van der Waals surface area contributed by atoms with Crippen molar-refractivity contribution in [2.45, 2.75) is 77.0 Å². The number of carbonyl (C=O) groups excluding carboxylic acids is 4. The number of rotatable bonds is 10. The van der Waals surface area contributed by atoms with Gasteiger partial charge in [-0.05, 0) is 59.1 Å². The quantitative estimate of drug-likeness (QED) is 0.276. The van der Waals surface area contributed by atoms with E-state index in [2.05, 4.69) is 16.0 Å². The number of phenolic OH excluding ortho intramolecular Hbond substituents is 1. The third kappa shape index (κ3) is 7.81. The lowest BCUT2D eigenvalue weighted by atomic mass is 9.84. The Morgan fingerprint density at radius 2 is 1.68 bits per heavy atom. The molecule has 3 rings (SSSR count). The van der Waals surface area contributed by atoms with E-state index in [4.69, 9.17) is 5.73 Å². The minimum absolute atomic E-state index is 0.130. The van der Waals surface area contributed by atoms with Gasteiger partial charge in [0.05, 0.1) is 12.1 Å². The molecule has 0 saturated carbocycles. The zero-order valence-electron chi connectivity index (χ0n) is 24.3. The second kappa shape index (κ2) is 12.7. The standard InChI is InChI=1S/C30H40FN5O5/c1-16(2)25(36(6)28(40)21(32)14-17-7-10-19(31)11-8-17)27(39)33-22(24-26(38)35-29(41)34-24)15-18-9-12-23(37)20(13-18)30(3,4)5/h7-13,16,21-22,24-25,37H,14-15,32H2,1-6H3,(H,33,39)(H2,34,35,38,41)/t21-,22-,24?,25-/m0/s1. The molecule has 6 N–H and O–H groups in total. The minimum atomic E-state index is -1.05. The van der Waals surface area contributed by atoms with Gasteiger partial charge in [-0.1, -0.05) is 58.9 Å². The van der Waals surface area contributed by atoms with Crippen LogP contribution >= 0.6 is 0 Å². The van der Waals surface area contributed by atoms with Crippen molar-refractivity contribution in [2.75, 3.05) is 7.05 Å². The molecule has 1 fully saturated rings. The first kappa shape index (κ1) is 31.5. The van der Waals surface area contributed by atoms with Gasteiger partial charge in [0.2, 0.25) is 11.8 Å². The lowest BCUT2D eigenvalue weighted by molar-refractivity contribution is -0.142. The Balaban J connectivity index is 1.84. The van der Waals surface area contributed by atoms with Crippen LogP contribution in [0.25, 0.3) is 0 Å². The average molecular weight is 570 g/mol. The van der Waals surface area contributed by atoms with Gasteiger partial charge in [0.25, 0.3) is 5.91 Å². The molecule has 0 aliphatic carbocycles. The van der Waals surface area contributed by atoms with Crippen LogP contribution in [0.5, 0.6) is 5.75 Å². The normalized spacial score (nSPS) is 17.4. The zero-order chi connectivity index (χ0) is 30.6. The highest BCUT2D eigenvalue weighted by molar-refractivity contribution is 6.05. The SMILES string of the molecule is CC(C)[C@@H](C(=O)N[C@@H](Cc1ccc(O)c(C(C)(C)C)c1)C1NC(=O)NC1=O)N(C)C(=O)[C@@H](N)Cc1ccc(F)cc1. The van der Waals surface area contributed by atoms with E-state index in [1.165, 1.54) is 24.1 Å². The number of benzene rings is 2. The van der Waals surface area contributed by atoms with Gasteiger partial charge in [-0.3, -0.25) is 19.7 Å². The van der Waals surface area contributed by atoms with Crippen LogP contribution in [0.4, 0.5) is 9.18 Å². The Labute approximate surface area is 239 Å². The van der Waals surface area contributed by atoms with Gasteiger partial charge in [0.15, 0.2) is 0 Å². The van der Waals surface area contributed by atoms with Crippen LogP contribution in [-0.2, 0) is 32.6 Å². The molecule has 1 unspecified atom stereocenters. The summed E-state index contributed by atoms with van der Waals surface area (Å²) in [6, 6.07) is 6.27. The van der Waals surface area contributed by atoms with Gasteiger partial charge in [-0.25, -0.2) is 9.18 Å². The van der Waals surface area contributed by atoms with Crippen LogP contribution < -0.4 is 21.7 Å². The Morgan fingerprint density at radius 3 is 2.22 bits per heavy atom. The summed E-state index contributed by atoms with van der Waals surface area (Å²) in [5.74, 6) is -2.16. The fourth-order valence-electron chi connectivity index (χ4n) is 5.09. The summed E-state index contributed by atoms with van der Waals surface area (Å²) in [5.41, 5.74) is 7.93. The van der Waals surface area contributed by atoms with E-state index in [0.29, 0.717) is 11.1 Å². The highest BCUT2D eigenvalue weighted by atomic mass is 19.1. The molecule has 5 amide bonds. The van der Waals surface area contributed by atoms with Crippen LogP contribution in [-0.4, -0.2) is 65.0 Å². The Bertz CT molecular complexity index is 1290. The molecule has 0 bridgehead atoms. The lowest BCUT2D eigenvalue weighted by Crippen LogP contribution is -2.59. The van der Waals surface area contributed by atoms with Crippen molar-refractivity contribution < 1.29 is 28.7 Å². The van der Waals surface area contributed by atoms with E-state index in [9.17, 15) is 28.7 Å². The number of urea groups is 1. The number of hydrogen-bond donors (Lipinski definition) is 5. The van der Waals surface area contributed by atoms with E-state index in [-0.39, 0.29) is 29.9 Å². The monoisotopic (exact) mass is 569 g/mol. The number of nitrogens with two attached hydrogens (primary N) is 1. The Morgan fingerprint density at radius 1 is 1.07 bits per heavy atom. The van der Waals surface area contributed by atoms with Crippen molar-refractivity contribution >= 4 is 23.8 Å². The third-order valence-electron chi connectivity index (χ3n) is 7.21. The zero-order valence-corrected chi connectivity index (χ0v) is 24.3. The Hall–Kier alpha value is -3.99. The number of imide groups is 1. The van der Waals surface area contributed by atoms with E-state index < -0.39 is 53.7 Å². The summed E-state index contributed by atoms with van der Waals surface area (Å²) >= 11 is 0.